The Balaban J connectivity index is 1.87. The van der Waals surface area contributed by atoms with E-state index in [0.717, 1.165) is 35.2 Å². The molecule has 0 saturated heterocycles. The second-order valence-corrected chi connectivity index (χ2v) is 5.69. The van der Waals surface area contributed by atoms with Gasteiger partial charge in [0.05, 0.1) is 13.2 Å². The highest BCUT2D eigenvalue weighted by Crippen LogP contribution is 2.24. The van der Waals surface area contributed by atoms with Gasteiger partial charge in [0.25, 0.3) is 0 Å². The summed E-state index contributed by atoms with van der Waals surface area (Å²) in [6, 6.07) is 7.93. The van der Waals surface area contributed by atoms with Crippen molar-refractivity contribution in [1.82, 2.24) is 0 Å². The molecule has 0 radical (unpaired) electrons. The number of para-hydroxylation sites is 1. The van der Waals surface area contributed by atoms with Gasteiger partial charge in [0.15, 0.2) is 0 Å². The van der Waals surface area contributed by atoms with Gasteiger partial charge in [-0.25, -0.2) is 13.6 Å². The van der Waals surface area contributed by atoms with E-state index in [4.69, 9.17) is 4.74 Å². The first-order chi connectivity index (χ1) is 11.6. The number of benzene rings is 2. The van der Waals surface area contributed by atoms with Gasteiger partial charge in [-0.2, -0.15) is 0 Å². The van der Waals surface area contributed by atoms with E-state index in [1.807, 2.05) is 18.2 Å². The van der Waals surface area contributed by atoms with Gasteiger partial charge in [0, 0.05) is 6.42 Å². The Bertz CT molecular complexity index is 744. The van der Waals surface area contributed by atoms with Crippen molar-refractivity contribution in [1.29, 1.82) is 0 Å². The SMILES string of the molecule is O=C(O)[C@H](Cc1cccc2c1COCC2)Nc1c(F)cccc1F. The Morgan fingerprint density at radius 1 is 1.21 bits per heavy atom. The molecule has 2 N–H and O–H groups in total. The van der Waals surface area contributed by atoms with Crippen molar-refractivity contribution in [2.75, 3.05) is 11.9 Å². The monoisotopic (exact) mass is 333 g/mol. The Hall–Kier alpha value is -2.47. The molecule has 1 aliphatic heterocycles. The standard InChI is InChI=1S/C18H17F2NO3/c19-14-5-2-6-15(20)17(14)21-16(18(22)23)9-12-4-1-3-11-7-8-24-10-13(11)12/h1-6,16,21H,7-10H2,(H,22,23)/t16-/m0/s1. The van der Waals surface area contributed by atoms with Crippen LogP contribution in [0.2, 0.25) is 0 Å². The fraction of sp³-hybridized carbons (Fsp3) is 0.278. The highest BCUT2D eigenvalue weighted by atomic mass is 19.1. The van der Waals surface area contributed by atoms with Gasteiger partial charge in [-0.15, -0.1) is 0 Å². The van der Waals surface area contributed by atoms with Gasteiger partial charge in [0.1, 0.15) is 23.4 Å². The minimum atomic E-state index is -1.17. The second-order valence-electron chi connectivity index (χ2n) is 5.69. The van der Waals surface area contributed by atoms with Gasteiger partial charge in [0.2, 0.25) is 0 Å². The van der Waals surface area contributed by atoms with Crippen LogP contribution in [0.1, 0.15) is 16.7 Å². The molecule has 0 spiro atoms. The summed E-state index contributed by atoms with van der Waals surface area (Å²) in [5.74, 6) is -2.81. The lowest BCUT2D eigenvalue weighted by Crippen LogP contribution is -2.33. The number of carboxylic acids is 1. The van der Waals surface area contributed by atoms with Crippen molar-refractivity contribution in [2.24, 2.45) is 0 Å². The van der Waals surface area contributed by atoms with Crippen LogP contribution in [0.4, 0.5) is 14.5 Å². The van der Waals surface area contributed by atoms with E-state index in [1.165, 1.54) is 6.07 Å². The van der Waals surface area contributed by atoms with Crippen molar-refractivity contribution < 1.29 is 23.4 Å². The molecule has 0 amide bonds. The Morgan fingerprint density at radius 2 is 1.92 bits per heavy atom. The number of carbonyl (C=O) groups is 1. The van der Waals surface area contributed by atoms with Gasteiger partial charge in [-0.05, 0) is 35.2 Å². The van der Waals surface area contributed by atoms with Crippen LogP contribution < -0.4 is 5.32 Å². The molecule has 2 aromatic rings. The molecule has 0 fully saturated rings. The maximum Gasteiger partial charge on any atom is 0.326 e. The highest BCUT2D eigenvalue weighted by molar-refractivity contribution is 5.78. The fourth-order valence-electron chi connectivity index (χ4n) is 2.88. The van der Waals surface area contributed by atoms with Crippen molar-refractivity contribution >= 4 is 11.7 Å². The van der Waals surface area contributed by atoms with E-state index >= 15 is 0 Å². The minimum absolute atomic E-state index is 0.107. The highest BCUT2D eigenvalue weighted by Gasteiger charge is 2.23. The maximum absolute atomic E-state index is 13.8. The average molecular weight is 333 g/mol. The third kappa shape index (κ3) is 3.38. The first-order valence-corrected chi connectivity index (χ1v) is 7.67. The summed E-state index contributed by atoms with van der Waals surface area (Å²) in [6.45, 7) is 1.06. The summed E-state index contributed by atoms with van der Waals surface area (Å²) < 4.78 is 33.0. The van der Waals surface area contributed by atoms with Crippen molar-refractivity contribution in [3.63, 3.8) is 0 Å². The van der Waals surface area contributed by atoms with E-state index in [1.54, 1.807) is 0 Å². The van der Waals surface area contributed by atoms with Crippen LogP contribution in [-0.2, 0) is 29.0 Å². The van der Waals surface area contributed by atoms with E-state index < -0.39 is 29.3 Å². The molecular weight excluding hydrogens is 316 g/mol. The van der Waals surface area contributed by atoms with Gasteiger partial charge in [-0.3, -0.25) is 0 Å². The van der Waals surface area contributed by atoms with Crippen LogP contribution in [-0.4, -0.2) is 23.7 Å². The average Bonchev–Trinajstić information content (AvgIpc) is 2.57. The number of fused-ring (bicyclic) bond motifs is 1. The van der Waals surface area contributed by atoms with Crippen LogP contribution in [0.3, 0.4) is 0 Å². The number of carboxylic acid groups (broad SMARTS) is 1. The predicted molar refractivity (Wildman–Crippen MR) is 84.9 cm³/mol. The Labute approximate surface area is 138 Å². The quantitative estimate of drug-likeness (QED) is 0.882. The van der Waals surface area contributed by atoms with Crippen molar-refractivity contribution in [2.45, 2.75) is 25.5 Å². The molecule has 0 bridgehead atoms. The van der Waals surface area contributed by atoms with Gasteiger partial charge in [-0.1, -0.05) is 24.3 Å². The third-order valence-electron chi connectivity index (χ3n) is 4.14. The number of hydrogen-bond acceptors (Lipinski definition) is 3. The van der Waals surface area contributed by atoms with E-state index in [0.29, 0.717) is 13.2 Å². The smallest absolute Gasteiger partial charge is 0.326 e. The summed E-state index contributed by atoms with van der Waals surface area (Å²) in [5.41, 5.74) is 2.47. The number of ether oxygens (including phenoxy) is 1. The van der Waals surface area contributed by atoms with E-state index in [-0.39, 0.29) is 6.42 Å². The molecular formula is C18H17F2NO3. The largest absolute Gasteiger partial charge is 0.480 e. The molecule has 1 heterocycles. The van der Waals surface area contributed by atoms with E-state index in [2.05, 4.69) is 5.32 Å². The fourth-order valence-corrected chi connectivity index (χ4v) is 2.88. The van der Waals surface area contributed by atoms with Gasteiger partial charge >= 0.3 is 5.97 Å². The molecule has 0 aliphatic carbocycles. The molecule has 2 aromatic carbocycles. The summed E-state index contributed by atoms with van der Waals surface area (Å²) in [5, 5.41) is 11.9. The molecule has 24 heavy (non-hydrogen) atoms. The molecule has 4 nitrogen and oxygen atoms in total. The zero-order valence-electron chi connectivity index (χ0n) is 12.9. The maximum atomic E-state index is 13.8. The minimum Gasteiger partial charge on any atom is -0.480 e. The summed E-state index contributed by atoms with van der Waals surface area (Å²) in [7, 11) is 0. The lowest BCUT2D eigenvalue weighted by Gasteiger charge is -2.22. The number of aliphatic carboxylic acids is 1. The first-order valence-electron chi connectivity index (χ1n) is 7.67. The summed E-state index contributed by atoms with van der Waals surface area (Å²) >= 11 is 0. The molecule has 0 aromatic heterocycles. The van der Waals surface area contributed by atoms with Crippen LogP contribution in [0.5, 0.6) is 0 Å². The third-order valence-corrected chi connectivity index (χ3v) is 4.14. The second kappa shape index (κ2) is 6.97. The molecule has 3 rings (SSSR count). The zero-order valence-corrected chi connectivity index (χ0v) is 12.9. The summed E-state index contributed by atoms with van der Waals surface area (Å²) in [6.07, 6.45) is 0.881. The number of halogens is 2. The Kier molecular flexibility index (Phi) is 4.76. The van der Waals surface area contributed by atoms with Crippen molar-refractivity contribution in [3.8, 4) is 0 Å². The van der Waals surface area contributed by atoms with Crippen LogP contribution in [0.15, 0.2) is 36.4 Å². The molecule has 126 valence electrons. The first kappa shape index (κ1) is 16.4. The lowest BCUT2D eigenvalue weighted by molar-refractivity contribution is -0.137. The topological polar surface area (TPSA) is 58.6 Å². The molecule has 0 unspecified atom stereocenters. The molecule has 6 heteroatoms. The number of anilines is 1. The van der Waals surface area contributed by atoms with E-state index in [9.17, 15) is 18.7 Å². The molecule has 1 atom stereocenters. The number of rotatable bonds is 5. The number of nitrogens with one attached hydrogen (secondary N) is 1. The Morgan fingerprint density at radius 3 is 2.62 bits per heavy atom. The lowest BCUT2D eigenvalue weighted by atomic mass is 9.93. The molecule has 0 saturated carbocycles. The number of hydrogen-bond donors (Lipinski definition) is 2. The van der Waals surface area contributed by atoms with Crippen molar-refractivity contribution in [3.05, 3.63) is 64.7 Å². The van der Waals surface area contributed by atoms with Crippen LogP contribution in [0.25, 0.3) is 0 Å². The summed E-state index contributed by atoms with van der Waals surface area (Å²) in [4.78, 5) is 11.6. The van der Waals surface area contributed by atoms with Crippen LogP contribution >= 0.6 is 0 Å². The molecule has 1 aliphatic rings. The van der Waals surface area contributed by atoms with Crippen LogP contribution in [0, 0.1) is 11.6 Å². The normalized spacial score (nSPS) is 14.8. The predicted octanol–water partition coefficient (Wildman–Crippen LogP) is 3.15. The zero-order chi connectivity index (χ0) is 17.1. The van der Waals surface area contributed by atoms with Gasteiger partial charge < -0.3 is 15.2 Å².